The van der Waals surface area contributed by atoms with E-state index in [9.17, 15) is 0 Å². The Labute approximate surface area is 104 Å². The first-order valence-corrected chi connectivity index (χ1v) is 6.43. The van der Waals surface area contributed by atoms with Gasteiger partial charge in [-0.05, 0) is 30.9 Å². The van der Waals surface area contributed by atoms with Gasteiger partial charge in [0.25, 0.3) is 0 Å². The van der Waals surface area contributed by atoms with E-state index < -0.39 is 0 Å². The predicted molar refractivity (Wildman–Crippen MR) is 71.5 cm³/mol. The molecule has 1 unspecified atom stereocenters. The van der Waals surface area contributed by atoms with Gasteiger partial charge in [0.2, 0.25) is 0 Å². The van der Waals surface area contributed by atoms with Gasteiger partial charge in [-0.15, -0.1) is 0 Å². The first kappa shape index (κ1) is 12.2. The number of anilines is 1. The number of ether oxygens (including phenoxy) is 1. The van der Waals surface area contributed by atoms with Crippen LogP contribution in [0.2, 0.25) is 0 Å². The van der Waals surface area contributed by atoms with E-state index in [1.165, 1.54) is 30.5 Å². The number of nitrogens with two attached hydrogens (primary N) is 1. The second kappa shape index (κ2) is 5.41. The maximum absolute atomic E-state index is 5.83. The van der Waals surface area contributed by atoms with Gasteiger partial charge in [0.15, 0.2) is 0 Å². The third-order valence-electron chi connectivity index (χ3n) is 3.67. The van der Waals surface area contributed by atoms with Crippen molar-refractivity contribution in [3.05, 3.63) is 23.8 Å². The average molecular weight is 234 g/mol. The lowest BCUT2D eigenvalue weighted by Crippen LogP contribution is -2.29. The van der Waals surface area contributed by atoms with Crippen LogP contribution in [-0.4, -0.2) is 19.7 Å². The molecule has 1 fully saturated rings. The molecule has 0 bridgehead atoms. The van der Waals surface area contributed by atoms with Crippen LogP contribution in [0.25, 0.3) is 0 Å². The Kier molecular flexibility index (Phi) is 3.89. The van der Waals surface area contributed by atoms with Crippen molar-refractivity contribution >= 4 is 5.69 Å². The van der Waals surface area contributed by atoms with Crippen molar-refractivity contribution in [2.24, 2.45) is 5.73 Å². The van der Waals surface area contributed by atoms with Crippen LogP contribution in [0.1, 0.15) is 31.7 Å². The zero-order valence-electron chi connectivity index (χ0n) is 10.8. The van der Waals surface area contributed by atoms with E-state index in [4.69, 9.17) is 10.5 Å². The lowest BCUT2D eigenvalue weighted by atomic mass is 10.1. The highest BCUT2D eigenvalue weighted by Crippen LogP contribution is 2.32. The molecule has 0 aromatic heterocycles. The van der Waals surface area contributed by atoms with Crippen molar-refractivity contribution in [1.29, 1.82) is 0 Å². The Hall–Kier alpha value is -1.22. The summed E-state index contributed by atoms with van der Waals surface area (Å²) in [6.07, 6.45) is 3.76. The fourth-order valence-corrected chi connectivity index (χ4v) is 2.69. The third kappa shape index (κ3) is 2.39. The van der Waals surface area contributed by atoms with Crippen molar-refractivity contribution in [1.82, 2.24) is 0 Å². The molecule has 0 radical (unpaired) electrons. The molecule has 0 amide bonds. The Morgan fingerprint density at radius 1 is 1.47 bits per heavy atom. The molecule has 17 heavy (non-hydrogen) atoms. The molecule has 1 aromatic carbocycles. The summed E-state index contributed by atoms with van der Waals surface area (Å²) in [6, 6.07) is 6.85. The van der Waals surface area contributed by atoms with E-state index in [1.807, 2.05) is 6.07 Å². The minimum Gasteiger partial charge on any atom is -0.497 e. The number of hydrogen-bond acceptors (Lipinski definition) is 3. The Morgan fingerprint density at radius 3 is 2.94 bits per heavy atom. The molecule has 1 heterocycles. The van der Waals surface area contributed by atoms with Crippen LogP contribution in [0.3, 0.4) is 0 Å². The zero-order chi connectivity index (χ0) is 12.3. The second-order valence-corrected chi connectivity index (χ2v) is 4.60. The van der Waals surface area contributed by atoms with Gasteiger partial charge in [0.1, 0.15) is 5.75 Å². The second-order valence-electron chi connectivity index (χ2n) is 4.60. The molecular weight excluding hydrogens is 212 g/mol. The molecule has 1 aromatic rings. The van der Waals surface area contributed by atoms with E-state index >= 15 is 0 Å². The van der Waals surface area contributed by atoms with Gasteiger partial charge in [0.05, 0.1) is 7.11 Å². The summed E-state index contributed by atoms with van der Waals surface area (Å²) < 4.78 is 5.32. The molecule has 1 atom stereocenters. The monoisotopic (exact) mass is 234 g/mol. The van der Waals surface area contributed by atoms with Gasteiger partial charge < -0.3 is 15.4 Å². The highest BCUT2D eigenvalue weighted by Gasteiger charge is 2.24. The number of benzene rings is 1. The van der Waals surface area contributed by atoms with Crippen LogP contribution in [0.4, 0.5) is 5.69 Å². The first-order valence-electron chi connectivity index (χ1n) is 6.43. The molecule has 1 aliphatic rings. The highest BCUT2D eigenvalue weighted by molar-refractivity contribution is 5.58. The molecular formula is C14H22N2O. The van der Waals surface area contributed by atoms with Crippen molar-refractivity contribution < 1.29 is 4.74 Å². The topological polar surface area (TPSA) is 38.5 Å². The normalized spacial score (nSPS) is 19.7. The van der Waals surface area contributed by atoms with E-state index in [0.29, 0.717) is 12.6 Å². The first-order chi connectivity index (χ1) is 8.30. The Bertz CT molecular complexity index is 378. The van der Waals surface area contributed by atoms with E-state index in [0.717, 1.165) is 12.3 Å². The number of nitrogens with zero attached hydrogens (tertiary/aromatic N) is 1. The summed E-state index contributed by atoms with van der Waals surface area (Å²) >= 11 is 0. The van der Waals surface area contributed by atoms with E-state index in [1.54, 1.807) is 7.11 Å². The maximum Gasteiger partial charge on any atom is 0.120 e. The quantitative estimate of drug-likeness (QED) is 0.870. The standard InChI is InChI=1S/C14H22N2O/c1-3-12-5-4-8-16(12)14-9-13(17-2)7-6-11(14)10-15/h6-7,9,12H,3-5,8,10,15H2,1-2H3. The molecule has 2 rings (SSSR count). The van der Waals surface area contributed by atoms with Crippen LogP contribution in [-0.2, 0) is 6.54 Å². The number of methoxy groups -OCH3 is 1. The molecule has 0 saturated carbocycles. The minimum absolute atomic E-state index is 0.590. The minimum atomic E-state index is 0.590. The van der Waals surface area contributed by atoms with Crippen molar-refractivity contribution in [3.8, 4) is 5.75 Å². The van der Waals surface area contributed by atoms with E-state index in [-0.39, 0.29) is 0 Å². The average Bonchev–Trinajstić information content (AvgIpc) is 2.86. The van der Waals surface area contributed by atoms with Crippen molar-refractivity contribution in [2.75, 3.05) is 18.6 Å². The molecule has 0 aliphatic carbocycles. The van der Waals surface area contributed by atoms with Gasteiger partial charge in [-0.3, -0.25) is 0 Å². The van der Waals surface area contributed by atoms with Gasteiger partial charge in [-0.25, -0.2) is 0 Å². The van der Waals surface area contributed by atoms with Crippen LogP contribution >= 0.6 is 0 Å². The Morgan fingerprint density at radius 2 is 2.29 bits per heavy atom. The smallest absolute Gasteiger partial charge is 0.120 e. The summed E-state index contributed by atoms with van der Waals surface area (Å²) in [4.78, 5) is 2.49. The molecule has 1 saturated heterocycles. The summed E-state index contributed by atoms with van der Waals surface area (Å²) in [5.41, 5.74) is 8.30. The van der Waals surface area contributed by atoms with Gasteiger partial charge in [-0.2, -0.15) is 0 Å². The Balaban J connectivity index is 2.34. The van der Waals surface area contributed by atoms with Crippen LogP contribution < -0.4 is 15.4 Å². The molecule has 2 N–H and O–H groups in total. The van der Waals surface area contributed by atoms with Gasteiger partial charge in [-0.1, -0.05) is 13.0 Å². The van der Waals surface area contributed by atoms with Crippen molar-refractivity contribution in [2.45, 2.75) is 38.8 Å². The lowest BCUT2D eigenvalue weighted by Gasteiger charge is -2.28. The molecule has 3 heteroatoms. The highest BCUT2D eigenvalue weighted by atomic mass is 16.5. The fraction of sp³-hybridized carbons (Fsp3) is 0.571. The zero-order valence-corrected chi connectivity index (χ0v) is 10.8. The molecule has 1 aliphatic heterocycles. The fourth-order valence-electron chi connectivity index (χ4n) is 2.69. The van der Waals surface area contributed by atoms with Crippen molar-refractivity contribution in [3.63, 3.8) is 0 Å². The lowest BCUT2D eigenvalue weighted by molar-refractivity contribution is 0.414. The molecule has 0 spiro atoms. The molecule has 3 nitrogen and oxygen atoms in total. The predicted octanol–water partition coefficient (Wildman–Crippen LogP) is 2.53. The van der Waals surface area contributed by atoms with Gasteiger partial charge in [0, 0.05) is 30.9 Å². The summed E-state index contributed by atoms with van der Waals surface area (Å²) in [5, 5.41) is 0. The van der Waals surface area contributed by atoms with Crippen LogP contribution in [0.5, 0.6) is 5.75 Å². The van der Waals surface area contributed by atoms with Crippen LogP contribution in [0.15, 0.2) is 18.2 Å². The number of rotatable bonds is 4. The molecule has 94 valence electrons. The number of hydrogen-bond donors (Lipinski definition) is 1. The summed E-state index contributed by atoms with van der Waals surface area (Å²) in [6.45, 7) is 3.98. The van der Waals surface area contributed by atoms with Crippen LogP contribution in [0, 0.1) is 0 Å². The SMILES string of the molecule is CCC1CCCN1c1cc(OC)ccc1CN. The van der Waals surface area contributed by atoms with E-state index in [2.05, 4.69) is 24.0 Å². The largest absolute Gasteiger partial charge is 0.497 e. The third-order valence-corrected chi connectivity index (χ3v) is 3.67. The van der Waals surface area contributed by atoms with Gasteiger partial charge >= 0.3 is 0 Å². The summed E-state index contributed by atoms with van der Waals surface area (Å²) in [5.74, 6) is 0.916. The summed E-state index contributed by atoms with van der Waals surface area (Å²) in [7, 11) is 1.71. The maximum atomic E-state index is 5.83.